The van der Waals surface area contributed by atoms with E-state index in [9.17, 15) is 4.79 Å². The standard InChI is InChI=1S/C25H24N6O/c1-18-7-12-22(28-17-18)29-24-14-13-23(30-31-24)26-15-16-27-25(32)21-10-8-20(9-11-21)19-5-3-2-4-6-19/h2-14,17H,15-16H2,1H3,(H,26,30)(H,27,32)(H,28,29,31). The minimum Gasteiger partial charge on any atom is -0.367 e. The number of nitrogens with one attached hydrogen (secondary N) is 3. The number of carbonyl (C=O) groups is 1. The van der Waals surface area contributed by atoms with Gasteiger partial charge in [0.1, 0.15) is 11.6 Å². The monoisotopic (exact) mass is 424 g/mol. The van der Waals surface area contributed by atoms with Crippen LogP contribution in [-0.4, -0.2) is 34.2 Å². The second-order valence-corrected chi connectivity index (χ2v) is 7.28. The van der Waals surface area contributed by atoms with Gasteiger partial charge in [0.15, 0.2) is 5.82 Å². The van der Waals surface area contributed by atoms with Crippen molar-refractivity contribution in [2.24, 2.45) is 0 Å². The van der Waals surface area contributed by atoms with Crippen LogP contribution in [0.25, 0.3) is 11.1 Å². The quantitative estimate of drug-likeness (QED) is 0.362. The van der Waals surface area contributed by atoms with E-state index in [1.165, 1.54) is 0 Å². The van der Waals surface area contributed by atoms with Crippen LogP contribution in [0.15, 0.2) is 85.1 Å². The number of nitrogens with zero attached hydrogens (tertiary/aromatic N) is 3. The van der Waals surface area contributed by atoms with Crippen LogP contribution in [0.3, 0.4) is 0 Å². The smallest absolute Gasteiger partial charge is 0.251 e. The van der Waals surface area contributed by atoms with E-state index in [0.717, 1.165) is 16.7 Å². The molecule has 4 aromatic rings. The fourth-order valence-corrected chi connectivity index (χ4v) is 3.08. The van der Waals surface area contributed by atoms with Gasteiger partial charge in [0, 0.05) is 24.8 Å². The SMILES string of the molecule is Cc1ccc(Nc2ccc(NCCNC(=O)c3ccc(-c4ccccc4)cc3)nn2)nc1. The summed E-state index contributed by atoms with van der Waals surface area (Å²) in [5.74, 6) is 1.85. The second kappa shape index (κ2) is 10.2. The Bertz CT molecular complexity index is 1140. The lowest BCUT2D eigenvalue weighted by Gasteiger charge is -2.09. The predicted molar refractivity (Wildman–Crippen MR) is 127 cm³/mol. The predicted octanol–water partition coefficient (Wildman–Crippen LogP) is 4.43. The van der Waals surface area contributed by atoms with Crippen LogP contribution in [0.4, 0.5) is 17.5 Å². The number of carbonyl (C=O) groups excluding carboxylic acids is 1. The molecule has 32 heavy (non-hydrogen) atoms. The van der Waals surface area contributed by atoms with Crippen molar-refractivity contribution in [3.05, 3.63) is 96.2 Å². The number of amides is 1. The number of aryl methyl sites for hydroxylation is 1. The Balaban J connectivity index is 1.21. The summed E-state index contributed by atoms with van der Waals surface area (Å²) >= 11 is 0. The van der Waals surface area contributed by atoms with Gasteiger partial charge in [0.2, 0.25) is 0 Å². The normalized spacial score (nSPS) is 10.4. The van der Waals surface area contributed by atoms with Crippen LogP contribution in [-0.2, 0) is 0 Å². The largest absolute Gasteiger partial charge is 0.367 e. The average Bonchev–Trinajstić information content (AvgIpc) is 2.85. The molecule has 7 nitrogen and oxygen atoms in total. The van der Waals surface area contributed by atoms with Crippen molar-refractivity contribution in [3.63, 3.8) is 0 Å². The molecule has 7 heteroatoms. The van der Waals surface area contributed by atoms with E-state index >= 15 is 0 Å². The molecule has 0 radical (unpaired) electrons. The van der Waals surface area contributed by atoms with E-state index in [0.29, 0.717) is 36.1 Å². The molecule has 160 valence electrons. The molecule has 0 spiro atoms. The molecule has 0 unspecified atom stereocenters. The maximum absolute atomic E-state index is 12.4. The molecule has 0 aliphatic heterocycles. The highest BCUT2D eigenvalue weighted by Crippen LogP contribution is 2.19. The first-order chi connectivity index (χ1) is 15.7. The molecule has 0 bridgehead atoms. The van der Waals surface area contributed by atoms with E-state index in [2.05, 4.69) is 31.1 Å². The van der Waals surface area contributed by atoms with Crippen LogP contribution in [0.5, 0.6) is 0 Å². The first kappa shape index (κ1) is 21.0. The highest BCUT2D eigenvalue weighted by atomic mass is 16.1. The van der Waals surface area contributed by atoms with E-state index in [1.54, 1.807) is 6.20 Å². The number of anilines is 3. The Kier molecular flexibility index (Phi) is 6.67. The first-order valence-electron chi connectivity index (χ1n) is 10.4. The van der Waals surface area contributed by atoms with Gasteiger partial charge in [-0.3, -0.25) is 4.79 Å². The highest BCUT2D eigenvalue weighted by molar-refractivity contribution is 5.94. The number of rotatable bonds is 8. The lowest BCUT2D eigenvalue weighted by molar-refractivity contribution is 0.0955. The van der Waals surface area contributed by atoms with Gasteiger partial charge in [-0.1, -0.05) is 48.5 Å². The summed E-state index contributed by atoms with van der Waals surface area (Å²) in [5.41, 5.74) is 3.93. The summed E-state index contributed by atoms with van der Waals surface area (Å²) in [5, 5.41) is 17.4. The van der Waals surface area contributed by atoms with Gasteiger partial charge in [-0.15, -0.1) is 10.2 Å². The van der Waals surface area contributed by atoms with Crippen molar-refractivity contribution in [2.45, 2.75) is 6.92 Å². The van der Waals surface area contributed by atoms with Crippen LogP contribution >= 0.6 is 0 Å². The van der Waals surface area contributed by atoms with Gasteiger partial charge < -0.3 is 16.0 Å². The fraction of sp³-hybridized carbons (Fsp3) is 0.120. The summed E-state index contributed by atoms with van der Waals surface area (Å²) in [6.07, 6.45) is 1.79. The molecule has 2 aromatic heterocycles. The molecule has 0 aliphatic carbocycles. The van der Waals surface area contributed by atoms with Crippen molar-refractivity contribution >= 4 is 23.4 Å². The van der Waals surface area contributed by atoms with Gasteiger partial charge in [-0.2, -0.15) is 0 Å². The molecule has 0 atom stereocenters. The molecule has 1 amide bonds. The molecule has 4 rings (SSSR count). The second-order valence-electron chi connectivity index (χ2n) is 7.28. The van der Waals surface area contributed by atoms with Crippen LogP contribution < -0.4 is 16.0 Å². The molecule has 0 saturated heterocycles. The zero-order valence-electron chi connectivity index (χ0n) is 17.7. The number of pyridine rings is 1. The Morgan fingerprint density at radius 1 is 0.750 bits per heavy atom. The summed E-state index contributed by atoms with van der Waals surface area (Å²) in [6.45, 7) is 2.99. The molecular weight excluding hydrogens is 400 g/mol. The van der Waals surface area contributed by atoms with E-state index in [4.69, 9.17) is 0 Å². The lowest BCUT2D eigenvalue weighted by Crippen LogP contribution is -2.28. The van der Waals surface area contributed by atoms with Crippen molar-refractivity contribution in [3.8, 4) is 11.1 Å². The lowest BCUT2D eigenvalue weighted by atomic mass is 10.0. The third kappa shape index (κ3) is 5.66. The average molecular weight is 425 g/mol. The van der Waals surface area contributed by atoms with Crippen LogP contribution in [0.2, 0.25) is 0 Å². The third-order valence-electron chi connectivity index (χ3n) is 4.80. The van der Waals surface area contributed by atoms with Gasteiger partial charge in [-0.25, -0.2) is 4.98 Å². The summed E-state index contributed by atoms with van der Waals surface area (Å²) in [7, 11) is 0. The fourth-order valence-electron chi connectivity index (χ4n) is 3.08. The zero-order chi connectivity index (χ0) is 22.2. The van der Waals surface area contributed by atoms with Gasteiger partial charge in [0.05, 0.1) is 0 Å². The van der Waals surface area contributed by atoms with Crippen molar-refractivity contribution in [2.75, 3.05) is 23.7 Å². The maximum Gasteiger partial charge on any atom is 0.251 e. The first-order valence-corrected chi connectivity index (χ1v) is 10.4. The van der Waals surface area contributed by atoms with Crippen LogP contribution in [0, 0.1) is 6.92 Å². The molecule has 3 N–H and O–H groups in total. The van der Waals surface area contributed by atoms with Gasteiger partial charge in [-0.05, 0) is 53.9 Å². The van der Waals surface area contributed by atoms with Crippen molar-refractivity contribution in [1.29, 1.82) is 0 Å². The van der Waals surface area contributed by atoms with Crippen LogP contribution in [0.1, 0.15) is 15.9 Å². The summed E-state index contributed by atoms with van der Waals surface area (Å²) < 4.78 is 0. The molecule has 0 fully saturated rings. The topological polar surface area (TPSA) is 91.8 Å². The van der Waals surface area contributed by atoms with Gasteiger partial charge in [0.25, 0.3) is 5.91 Å². The Hall–Kier alpha value is -4.26. The number of hydrogen-bond donors (Lipinski definition) is 3. The third-order valence-corrected chi connectivity index (χ3v) is 4.80. The molecular formula is C25H24N6O. The Labute approximate surface area is 187 Å². The van der Waals surface area contributed by atoms with Gasteiger partial charge >= 0.3 is 0 Å². The molecule has 0 aliphatic rings. The highest BCUT2D eigenvalue weighted by Gasteiger charge is 2.06. The minimum absolute atomic E-state index is 0.109. The Morgan fingerprint density at radius 2 is 1.44 bits per heavy atom. The Morgan fingerprint density at radius 3 is 2.12 bits per heavy atom. The molecule has 2 heterocycles. The van der Waals surface area contributed by atoms with Crippen molar-refractivity contribution in [1.82, 2.24) is 20.5 Å². The number of aromatic nitrogens is 3. The maximum atomic E-state index is 12.4. The minimum atomic E-state index is -0.109. The summed E-state index contributed by atoms with van der Waals surface area (Å²) in [4.78, 5) is 16.6. The molecule has 0 saturated carbocycles. The van der Waals surface area contributed by atoms with E-state index in [1.807, 2.05) is 85.8 Å². The number of benzene rings is 2. The van der Waals surface area contributed by atoms with E-state index < -0.39 is 0 Å². The molecule has 2 aromatic carbocycles. The zero-order valence-corrected chi connectivity index (χ0v) is 17.7. The van der Waals surface area contributed by atoms with Crippen molar-refractivity contribution < 1.29 is 4.79 Å². The van der Waals surface area contributed by atoms with E-state index in [-0.39, 0.29) is 5.91 Å². The summed E-state index contributed by atoms with van der Waals surface area (Å²) in [6, 6.07) is 25.2. The number of hydrogen-bond acceptors (Lipinski definition) is 6.